The number of amides is 1. The van der Waals surface area contributed by atoms with Gasteiger partial charge in [0.25, 0.3) is 0 Å². The van der Waals surface area contributed by atoms with Crippen LogP contribution in [0.25, 0.3) is 0 Å². The molecule has 4 heteroatoms. The zero-order valence-corrected chi connectivity index (χ0v) is 12.4. The molecular weight excluding hydrogens is 244 g/mol. The minimum absolute atomic E-state index is 0.244. The zero-order valence-electron chi connectivity index (χ0n) is 11.6. The Hall–Kier alpha value is -0.220. The second-order valence-corrected chi connectivity index (χ2v) is 6.68. The molecule has 0 radical (unpaired) electrons. The van der Waals surface area contributed by atoms with Crippen molar-refractivity contribution in [3.05, 3.63) is 0 Å². The maximum absolute atomic E-state index is 12.5. The van der Waals surface area contributed by atoms with Gasteiger partial charge in [0.05, 0.1) is 5.54 Å². The topological polar surface area (TPSA) is 41.1 Å². The van der Waals surface area contributed by atoms with Gasteiger partial charge in [-0.2, -0.15) is 11.8 Å². The van der Waals surface area contributed by atoms with Gasteiger partial charge in [-0.25, -0.2) is 0 Å². The Kier molecular flexibility index (Phi) is 4.96. The SMILES string of the molecule is CCC1(C(=O)NC2CCCCC2SC)CCCN1. The maximum Gasteiger partial charge on any atom is 0.240 e. The monoisotopic (exact) mass is 270 g/mol. The van der Waals surface area contributed by atoms with Crippen LogP contribution >= 0.6 is 11.8 Å². The highest BCUT2D eigenvalue weighted by Crippen LogP contribution is 2.29. The fourth-order valence-corrected chi connectivity index (χ4v) is 4.25. The first-order chi connectivity index (χ1) is 8.72. The number of thioether (sulfide) groups is 1. The predicted octanol–water partition coefficient (Wildman–Crippen LogP) is 2.31. The third kappa shape index (κ3) is 2.85. The van der Waals surface area contributed by atoms with Crippen molar-refractivity contribution < 1.29 is 4.79 Å². The van der Waals surface area contributed by atoms with Gasteiger partial charge in [-0.1, -0.05) is 19.8 Å². The highest BCUT2D eigenvalue weighted by atomic mass is 32.2. The first-order valence-electron chi connectivity index (χ1n) is 7.30. The van der Waals surface area contributed by atoms with Crippen LogP contribution in [0.15, 0.2) is 0 Å². The van der Waals surface area contributed by atoms with E-state index in [1.807, 2.05) is 11.8 Å². The summed E-state index contributed by atoms with van der Waals surface area (Å²) in [5.41, 5.74) is -0.277. The second-order valence-electron chi connectivity index (χ2n) is 5.60. The van der Waals surface area contributed by atoms with Gasteiger partial charge >= 0.3 is 0 Å². The van der Waals surface area contributed by atoms with Gasteiger partial charge in [0, 0.05) is 11.3 Å². The highest BCUT2D eigenvalue weighted by Gasteiger charge is 2.40. The van der Waals surface area contributed by atoms with Crippen molar-refractivity contribution in [2.75, 3.05) is 12.8 Å². The minimum atomic E-state index is -0.277. The molecule has 2 rings (SSSR count). The molecule has 1 amide bonds. The Morgan fingerprint density at radius 2 is 2.17 bits per heavy atom. The third-order valence-corrected chi connectivity index (χ3v) is 5.77. The summed E-state index contributed by atoms with van der Waals surface area (Å²) in [6.45, 7) is 3.10. The lowest BCUT2D eigenvalue weighted by Crippen LogP contribution is -2.57. The molecule has 3 unspecified atom stereocenters. The molecule has 18 heavy (non-hydrogen) atoms. The van der Waals surface area contributed by atoms with E-state index in [-0.39, 0.29) is 11.4 Å². The summed E-state index contributed by atoms with van der Waals surface area (Å²) in [5.74, 6) is 0.244. The standard InChI is InChI=1S/C14H26N2OS/c1-3-14(9-6-10-15-14)13(17)16-11-7-4-5-8-12(11)18-2/h11-12,15H,3-10H2,1-2H3,(H,16,17). The molecule has 3 nitrogen and oxygen atoms in total. The summed E-state index contributed by atoms with van der Waals surface area (Å²) in [4.78, 5) is 12.5. The van der Waals surface area contributed by atoms with E-state index in [0.29, 0.717) is 11.3 Å². The van der Waals surface area contributed by atoms with E-state index in [2.05, 4.69) is 23.8 Å². The Labute approximate surface area is 115 Å². The second kappa shape index (κ2) is 6.29. The van der Waals surface area contributed by atoms with Crippen LogP contribution in [0.5, 0.6) is 0 Å². The molecule has 1 saturated heterocycles. The molecule has 2 N–H and O–H groups in total. The number of carbonyl (C=O) groups excluding carboxylic acids is 1. The molecule has 0 aromatic carbocycles. The van der Waals surface area contributed by atoms with Gasteiger partial charge in [0.1, 0.15) is 0 Å². The van der Waals surface area contributed by atoms with Crippen LogP contribution in [0.4, 0.5) is 0 Å². The fourth-order valence-electron chi connectivity index (χ4n) is 3.31. The molecule has 104 valence electrons. The van der Waals surface area contributed by atoms with Crippen molar-refractivity contribution in [1.82, 2.24) is 10.6 Å². The van der Waals surface area contributed by atoms with Crippen LogP contribution in [0, 0.1) is 0 Å². The normalized spacial score (nSPS) is 36.6. The van der Waals surface area contributed by atoms with Crippen LogP contribution in [0.3, 0.4) is 0 Å². The molecule has 2 aliphatic rings. The van der Waals surface area contributed by atoms with Crippen molar-refractivity contribution >= 4 is 17.7 Å². The van der Waals surface area contributed by atoms with E-state index in [0.717, 1.165) is 32.2 Å². The van der Waals surface area contributed by atoms with Crippen LogP contribution in [0.2, 0.25) is 0 Å². The lowest BCUT2D eigenvalue weighted by molar-refractivity contribution is -0.128. The first-order valence-corrected chi connectivity index (χ1v) is 8.59. The van der Waals surface area contributed by atoms with E-state index in [4.69, 9.17) is 0 Å². The van der Waals surface area contributed by atoms with E-state index >= 15 is 0 Å². The molecule has 0 bridgehead atoms. The summed E-state index contributed by atoms with van der Waals surface area (Å²) in [6, 6.07) is 0.382. The molecule has 0 aromatic rings. The van der Waals surface area contributed by atoms with Crippen LogP contribution < -0.4 is 10.6 Å². The van der Waals surface area contributed by atoms with Crippen LogP contribution in [0.1, 0.15) is 51.9 Å². The summed E-state index contributed by atoms with van der Waals surface area (Å²) in [7, 11) is 0. The van der Waals surface area contributed by atoms with Crippen molar-refractivity contribution in [1.29, 1.82) is 0 Å². The van der Waals surface area contributed by atoms with Gasteiger partial charge in [0.2, 0.25) is 5.91 Å². The number of rotatable bonds is 4. The summed E-state index contributed by atoms with van der Waals surface area (Å²) >= 11 is 1.91. The first kappa shape index (κ1) is 14.2. The largest absolute Gasteiger partial charge is 0.351 e. The molecule has 1 aliphatic heterocycles. The van der Waals surface area contributed by atoms with Gasteiger partial charge in [-0.05, 0) is 44.9 Å². The Bertz CT molecular complexity index is 290. The number of hydrogen-bond acceptors (Lipinski definition) is 3. The van der Waals surface area contributed by atoms with E-state index in [9.17, 15) is 4.79 Å². The molecule has 0 aromatic heterocycles. The summed E-state index contributed by atoms with van der Waals surface area (Å²) in [5, 5.41) is 7.36. The van der Waals surface area contributed by atoms with Crippen LogP contribution in [-0.2, 0) is 4.79 Å². The number of carbonyl (C=O) groups is 1. The van der Waals surface area contributed by atoms with Gasteiger partial charge < -0.3 is 10.6 Å². The molecule has 1 heterocycles. The van der Waals surface area contributed by atoms with Crippen molar-refractivity contribution in [2.24, 2.45) is 0 Å². The molecule has 3 atom stereocenters. The van der Waals surface area contributed by atoms with Crippen molar-refractivity contribution in [3.63, 3.8) is 0 Å². The average Bonchev–Trinajstić information content (AvgIpc) is 2.89. The van der Waals surface area contributed by atoms with E-state index < -0.39 is 0 Å². The summed E-state index contributed by atoms with van der Waals surface area (Å²) in [6.07, 6.45) is 10.2. The Balaban J connectivity index is 1.96. The maximum atomic E-state index is 12.5. The van der Waals surface area contributed by atoms with Crippen molar-refractivity contribution in [3.8, 4) is 0 Å². The predicted molar refractivity (Wildman–Crippen MR) is 78.0 cm³/mol. The molecule has 2 fully saturated rings. The lowest BCUT2D eigenvalue weighted by Gasteiger charge is -2.35. The number of nitrogens with one attached hydrogen (secondary N) is 2. The minimum Gasteiger partial charge on any atom is -0.351 e. The Morgan fingerprint density at radius 1 is 1.39 bits per heavy atom. The van der Waals surface area contributed by atoms with Gasteiger partial charge in [-0.3, -0.25) is 4.79 Å². The fraction of sp³-hybridized carbons (Fsp3) is 0.929. The van der Waals surface area contributed by atoms with Crippen molar-refractivity contribution in [2.45, 2.75) is 68.7 Å². The summed E-state index contributed by atoms with van der Waals surface area (Å²) < 4.78 is 0. The molecule has 1 saturated carbocycles. The molecule has 1 aliphatic carbocycles. The third-order valence-electron chi connectivity index (χ3n) is 4.60. The van der Waals surface area contributed by atoms with E-state index in [1.165, 1.54) is 19.3 Å². The smallest absolute Gasteiger partial charge is 0.240 e. The quantitative estimate of drug-likeness (QED) is 0.823. The average molecular weight is 270 g/mol. The Morgan fingerprint density at radius 3 is 2.78 bits per heavy atom. The van der Waals surface area contributed by atoms with Gasteiger partial charge in [-0.15, -0.1) is 0 Å². The van der Waals surface area contributed by atoms with Crippen LogP contribution in [-0.4, -0.2) is 35.5 Å². The highest BCUT2D eigenvalue weighted by molar-refractivity contribution is 7.99. The number of hydrogen-bond donors (Lipinski definition) is 2. The molecular formula is C14H26N2OS. The van der Waals surface area contributed by atoms with Gasteiger partial charge in [0.15, 0.2) is 0 Å². The lowest BCUT2D eigenvalue weighted by atomic mass is 9.90. The molecule has 0 spiro atoms. The van der Waals surface area contributed by atoms with E-state index in [1.54, 1.807) is 0 Å². The zero-order chi connectivity index (χ0) is 13.0.